The van der Waals surface area contributed by atoms with Gasteiger partial charge in [0, 0.05) is 20.8 Å². The van der Waals surface area contributed by atoms with Gasteiger partial charge in [-0.1, -0.05) is 0 Å². The highest BCUT2D eigenvalue weighted by Gasteiger charge is 2.49. The molecule has 9 nitrogen and oxygen atoms in total. The lowest BCUT2D eigenvalue weighted by Crippen LogP contribution is -2.61. The Balaban J connectivity index is 2.87. The molecule has 1 aliphatic rings. The monoisotopic (exact) mass is 306 g/mol. The Bertz CT molecular complexity index is 408. The summed E-state index contributed by atoms with van der Waals surface area (Å²) in [7, 11) is 0. The van der Waals surface area contributed by atoms with Crippen molar-refractivity contribution in [2.45, 2.75) is 51.5 Å². The van der Waals surface area contributed by atoms with Gasteiger partial charge in [0.25, 0.3) is 0 Å². The molecule has 9 heteroatoms. The van der Waals surface area contributed by atoms with Gasteiger partial charge in [-0.05, 0) is 0 Å². The normalized spacial score (nSPS) is 32.1. The summed E-state index contributed by atoms with van der Waals surface area (Å²) in [5.74, 6) is -2.09. The summed E-state index contributed by atoms with van der Waals surface area (Å²) in [6.07, 6.45) is -6.92. The Morgan fingerprint density at radius 3 is 1.95 bits per heavy atom. The van der Waals surface area contributed by atoms with E-state index in [2.05, 4.69) is 4.74 Å². The molecule has 1 fully saturated rings. The molecule has 0 radical (unpaired) electrons. The van der Waals surface area contributed by atoms with Gasteiger partial charge in [-0.25, -0.2) is 0 Å². The Morgan fingerprint density at radius 1 is 0.952 bits per heavy atom. The van der Waals surface area contributed by atoms with Crippen LogP contribution in [0.3, 0.4) is 0 Å². The molecular formula is C12H18O9. The molecule has 0 unspecified atom stereocenters. The molecule has 120 valence electrons. The van der Waals surface area contributed by atoms with E-state index in [4.69, 9.17) is 14.2 Å². The Morgan fingerprint density at radius 2 is 1.48 bits per heavy atom. The second kappa shape index (κ2) is 7.34. The third-order valence-electron chi connectivity index (χ3n) is 2.69. The topological polar surface area (TPSA) is 129 Å². The predicted molar refractivity (Wildman–Crippen MR) is 64.6 cm³/mol. The molecule has 1 rings (SSSR count). The number of carbonyl (C=O) groups is 3. The largest absolute Gasteiger partial charge is 0.463 e. The summed E-state index contributed by atoms with van der Waals surface area (Å²) in [6.45, 7) is 3.00. The van der Waals surface area contributed by atoms with Crippen LogP contribution in [0.2, 0.25) is 0 Å². The maximum absolute atomic E-state index is 11.1. The van der Waals surface area contributed by atoms with Crippen LogP contribution < -0.4 is 0 Å². The van der Waals surface area contributed by atoms with Crippen LogP contribution in [0.5, 0.6) is 0 Å². The third-order valence-corrected chi connectivity index (χ3v) is 2.69. The predicted octanol–water partition coefficient (Wildman–Crippen LogP) is -1.51. The van der Waals surface area contributed by atoms with Gasteiger partial charge in [0.05, 0.1) is 0 Å². The summed E-state index contributed by atoms with van der Waals surface area (Å²) in [5.41, 5.74) is 0. The molecule has 21 heavy (non-hydrogen) atoms. The van der Waals surface area contributed by atoms with E-state index in [1.165, 1.54) is 0 Å². The SMILES string of the molecule is CC(=O)OC[C@H]1O[C@@H](O)[C@@H](OC(C)=O)[C@@H](OC(C)=O)[C@H]1O. The summed E-state index contributed by atoms with van der Waals surface area (Å²) < 4.78 is 19.4. The van der Waals surface area contributed by atoms with Gasteiger partial charge in [-0.15, -0.1) is 0 Å². The van der Waals surface area contributed by atoms with Gasteiger partial charge in [0.15, 0.2) is 18.5 Å². The molecule has 0 saturated carbocycles. The van der Waals surface area contributed by atoms with Crippen molar-refractivity contribution < 1.29 is 43.5 Å². The highest BCUT2D eigenvalue weighted by Crippen LogP contribution is 2.25. The second-order valence-electron chi connectivity index (χ2n) is 4.51. The average molecular weight is 306 g/mol. The molecule has 0 spiro atoms. The number of aliphatic hydroxyl groups is 2. The fraction of sp³-hybridized carbons (Fsp3) is 0.750. The van der Waals surface area contributed by atoms with E-state index in [1.807, 2.05) is 0 Å². The van der Waals surface area contributed by atoms with Gasteiger partial charge >= 0.3 is 17.9 Å². The molecule has 0 aromatic rings. The smallest absolute Gasteiger partial charge is 0.303 e. The highest BCUT2D eigenvalue weighted by atomic mass is 16.7. The zero-order chi connectivity index (χ0) is 16.2. The van der Waals surface area contributed by atoms with E-state index < -0.39 is 48.6 Å². The number of rotatable bonds is 4. The molecule has 1 heterocycles. The van der Waals surface area contributed by atoms with Crippen molar-refractivity contribution in [3.8, 4) is 0 Å². The Kier molecular flexibility index (Phi) is 6.06. The second-order valence-corrected chi connectivity index (χ2v) is 4.51. The molecule has 0 aromatic heterocycles. The van der Waals surface area contributed by atoms with Crippen molar-refractivity contribution >= 4 is 17.9 Å². The minimum atomic E-state index is -1.64. The first-order valence-electron chi connectivity index (χ1n) is 6.21. The minimum Gasteiger partial charge on any atom is -0.463 e. The first kappa shape index (κ1) is 17.3. The first-order valence-corrected chi connectivity index (χ1v) is 6.21. The molecular weight excluding hydrogens is 288 g/mol. The standard InChI is InChI=1S/C12H18O9/c1-5(13)18-4-8-9(16)10(19-6(2)14)11(12(17)21-8)20-7(3)15/h8-12,16-17H,4H2,1-3H3/t8-,9+,10+,11+,12-/m1/s1. The van der Waals surface area contributed by atoms with Crippen LogP contribution in [-0.2, 0) is 33.3 Å². The van der Waals surface area contributed by atoms with Crippen LogP contribution in [0.15, 0.2) is 0 Å². The molecule has 0 aromatic carbocycles. The Labute approximate surface area is 120 Å². The number of carbonyl (C=O) groups excluding carboxylic acids is 3. The van der Waals surface area contributed by atoms with E-state index in [0.29, 0.717) is 0 Å². The van der Waals surface area contributed by atoms with Crippen LogP contribution in [0, 0.1) is 0 Å². The molecule has 1 aliphatic heterocycles. The molecule has 2 N–H and O–H groups in total. The van der Waals surface area contributed by atoms with Gasteiger partial charge in [-0.2, -0.15) is 0 Å². The lowest BCUT2D eigenvalue weighted by molar-refractivity contribution is -0.293. The fourth-order valence-corrected chi connectivity index (χ4v) is 1.89. The van der Waals surface area contributed by atoms with Crippen LogP contribution >= 0.6 is 0 Å². The number of hydrogen-bond donors (Lipinski definition) is 2. The summed E-state index contributed by atoms with van der Waals surface area (Å²) in [5, 5.41) is 19.9. The van der Waals surface area contributed by atoms with Crippen LogP contribution in [-0.4, -0.2) is 65.4 Å². The minimum absolute atomic E-state index is 0.349. The van der Waals surface area contributed by atoms with E-state index >= 15 is 0 Å². The van der Waals surface area contributed by atoms with Crippen molar-refractivity contribution in [2.75, 3.05) is 6.61 Å². The molecule has 0 bridgehead atoms. The number of hydrogen-bond acceptors (Lipinski definition) is 9. The lowest BCUT2D eigenvalue weighted by atomic mass is 9.98. The maximum atomic E-state index is 11.1. The highest BCUT2D eigenvalue weighted by molar-refractivity contribution is 5.67. The Hall–Kier alpha value is -1.71. The molecule has 1 saturated heterocycles. The summed E-state index contributed by atoms with van der Waals surface area (Å²) in [4.78, 5) is 32.9. The van der Waals surface area contributed by atoms with Crippen molar-refractivity contribution in [3.63, 3.8) is 0 Å². The summed E-state index contributed by atoms with van der Waals surface area (Å²) >= 11 is 0. The average Bonchev–Trinajstić information content (AvgIpc) is 2.35. The van der Waals surface area contributed by atoms with Gasteiger partial charge < -0.3 is 29.2 Å². The van der Waals surface area contributed by atoms with E-state index in [0.717, 1.165) is 20.8 Å². The zero-order valence-corrected chi connectivity index (χ0v) is 11.8. The maximum Gasteiger partial charge on any atom is 0.303 e. The summed E-state index contributed by atoms with van der Waals surface area (Å²) in [6, 6.07) is 0. The third kappa shape index (κ3) is 4.96. The van der Waals surface area contributed by atoms with Crippen LogP contribution in [0.25, 0.3) is 0 Å². The fourth-order valence-electron chi connectivity index (χ4n) is 1.89. The molecule has 0 amide bonds. The zero-order valence-electron chi connectivity index (χ0n) is 11.8. The number of aliphatic hydroxyl groups excluding tert-OH is 2. The van der Waals surface area contributed by atoms with Crippen molar-refractivity contribution in [1.82, 2.24) is 0 Å². The van der Waals surface area contributed by atoms with Crippen molar-refractivity contribution in [1.29, 1.82) is 0 Å². The van der Waals surface area contributed by atoms with E-state index in [-0.39, 0.29) is 6.61 Å². The first-order chi connectivity index (χ1) is 9.72. The van der Waals surface area contributed by atoms with Crippen molar-refractivity contribution in [3.05, 3.63) is 0 Å². The molecule has 5 atom stereocenters. The van der Waals surface area contributed by atoms with E-state index in [1.54, 1.807) is 0 Å². The van der Waals surface area contributed by atoms with Crippen LogP contribution in [0.4, 0.5) is 0 Å². The lowest BCUT2D eigenvalue weighted by Gasteiger charge is -2.41. The number of ether oxygens (including phenoxy) is 4. The quantitative estimate of drug-likeness (QED) is 0.470. The van der Waals surface area contributed by atoms with Crippen LogP contribution in [0.1, 0.15) is 20.8 Å². The molecule has 0 aliphatic carbocycles. The van der Waals surface area contributed by atoms with E-state index in [9.17, 15) is 24.6 Å². The van der Waals surface area contributed by atoms with Gasteiger partial charge in [0.1, 0.15) is 18.8 Å². The number of esters is 3. The van der Waals surface area contributed by atoms with Gasteiger partial charge in [0.2, 0.25) is 0 Å². The van der Waals surface area contributed by atoms with Gasteiger partial charge in [-0.3, -0.25) is 14.4 Å². The van der Waals surface area contributed by atoms with Crippen molar-refractivity contribution in [2.24, 2.45) is 0 Å².